The average Bonchev–Trinajstić information content (AvgIpc) is 3.64. The molecule has 4 aliphatic rings. The molecule has 0 radical (unpaired) electrons. The van der Waals surface area contributed by atoms with E-state index in [1.807, 2.05) is 81.4 Å². The van der Waals surface area contributed by atoms with Crippen molar-refractivity contribution in [2.75, 3.05) is 30.1 Å². The number of fused-ring (bicyclic) bond motifs is 3. The zero-order valence-corrected chi connectivity index (χ0v) is 36.5. The van der Waals surface area contributed by atoms with Crippen LogP contribution in [-0.2, 0) is 44.2 Å². The van der Waals surface area contributed by atoms with Gasteiger partial charge in [0.1, 0.15) is 5.75 Å². The summed E-state index contributed by atoms with van der Waals surface area (Å²) in [6.45, 7) is 8.12. The Balaban J connectivity index is 1.14. The molecular formula is C47H54BrN3O6Si. The summed E-state index contributed by atoms with van der Waals surface area (Å²) < 4.78 is 13.7. The van der Waals surface area contributed by atoms with Gasteiger partial charge < -0.3 is 29.3 Å². The van der Waals surface area contributed by atoms with E-state index in [1.54, 1.807) is 7.11 Å². The van der Waals surface area contributed by atoms with E-state index in [1.165, 1.54) is 5.19 Å². The van der Waals surface area contributed by atoms with Gasteiger partial charge in [-0.15, -0.1) is 0 Å². The molecule has 0 unspecified atom stereocenters. The van der Waals surface area contributed by atoms with Gasteiger partial charge in [0.25, 0.3) is 5.91 Å². The van der Waals surface area contributed by atoms with Crippen LogP contribution in [0.25, 0.3) is 0 Å². The SMILES string of the molecule is COc1ccc([Si](C)(C)[C@@H]2[C@@H](CC(=O)N3Cc4ccccc4C[C@H]3CO)O[C@]3(C(=O)N(Cc4ccc(N5CCCCCCC5=O)cc4)c4ccc(Br)cc43)[C@H]2C)cc1. The highest BCUT2D eigenvalue weighted by Gasteiger charge is 2.66. The summed E-state index contributed by atoms with van der Waals surface area (Å²) in [6, 6.07) is 30.0. The second-order valence-corrected chi connectivity index (χ2v) is 22.7. The number of carbonyl (C=O) groups is 3. The first-order valence-corrected chi connectivity index (χ1v) is 24.6. The van der Waals surface area contributed by atoms with E-state index in [0.717, 1.165) is 76.1 Å². The van der Waals surface area contributed by atoms with Crippen molar-refractivity contribution >= 4 is 58.3 Å². The third kappa shape index (κ3) is 7.22. The first kappa shape index (κ1) is 40.5. The summed E-state index contributed by atoms with van der Waals surface area (Å²) in [7, 11) is -0.852. The maximum Gasteiger partial charge on any atom is 0.264 e. The van der Waals surface area contributed by atoms with Gasteiger partial charge in [-0.3, -0.25) is 14.4 Å². The van der Waals surface area contributed by atoms with Crippen LogP contribution in [0.15, 0.2) is 95.5 Å². The number of halogens is 1. The molecule has 2 saturated heterocycles. The Kier molecular flexibility index (Phi) is 11.4. The lowest BCUT2D eigenvalue weighted by atomic mass is 9.82. The molecule has 4 heterocycles. The normalized spacial score (nSPS) is 24.8. The molecular weight excluding hydrogens is 811 g/mol. The predicted molar refractivity (Wildman–Crippen MR) is 233 cm³/mol. The van der Waals surface area contributed by atoms with Crippen molar-refractivity contribution in [1.82, 2.24) is 4.90 Å². The monoisotopic (exact) mass is 863 g/mol. The Morgan fingerprint density at radius 1 is 0.948 bits per heavy atom. The van der Waals surface area contributed by atoms with Crippen LogP contribution in [-0.4, -0.2) is 68.2 Å². The standard InChI is InChI=1S/C47H54BrN3O6Si/c1-31-45(58(3,4)39-21-19-38(56-2)20-22-39)42(27-44(54)50-29-34-12-9-8-11-33(34)25-37(50)30-52)57-47(31)40-26-35(48)16-23-41(40)51(46(47)55)28-32-14-17-36(18-15-32)49-24-10-6-5-7-13-43(49)53/h8-9,11-12,14-23,26,31,37,42,45,52H,5-7,10,13,24-25,27-30H2,1-4H3/t31-,37-,42+,45-,47+/m0/s1. The third-order valence-corrected chi connectivity index (χ3v) is 18.3. The minimum Gasteiger partial charge on any atom is -0.497 e. The minimum absolute atomic E-state index is 0.0808. The molecule has 0 saturated carbocycles. The van der Waals surface area contributed by atoms with Gasteiger partial charge in [0.15, 0.2) is 5.60 Å². The number of rotatable bonds is 9. The third-order valence-electron chi connectivity index (χ3n) is 13.5. The lowest BCUT2D eigenvalue weighted by molar-refractivity contribution is -0.151. The molecule has 1 N–H and O–H groups in total. The molecule has 1 spiro atoms. The molecule has 9 nitrogen and oxygen atoms in total. The highest BCUT2D eigenvalue weighted by Crippen LogP contribution is 2.60. The summed E-state index contributed by atoms with van der Waals surface area (Å²) in [5.74, 6) is 0.445. The van der Waals surface area contributed by atoms with Crippen LogP contribution in [0.2, 0.25) is 18.6 Å². The Labute approximate surface area is 351 Å². The van der Waals surface area contributed by atoms with Gasteiger partial charge in [-0.1, -0.05) is 103 Å². The number of nitrogens with zero attached hydrogens (tertiary/aromatic N) is 3. The second kappa shape index (κ2) is 16.4. The van der Waals surface area contributed by atoms with Crippen LogP contribution in [0.5, 0.6) is 5.75 Å². The Bertz CT molecular complexity index is 2180. The van der Waals surface area contributed by atoms with E-state index in [0.29, 0.717) is 25.9 Å². The van der Waals surface area contributed by atoms with Crippen LogP contribution in [0.4, 0.5) is 11.4 Å². The van der Waals surface area contributed by atoms with Gasteiger partial charge >= 0.3 is 0 Å². The van der Waals surface area contributed by atoms with Crippen molar-refractivity contribution in [1.29, 1.82) is 0 Å². The van der Waals surface area contributed by atoms with Crippen LogP contribution >= 0.6 is 15.9 Å². The lowest BCUT2D eigenvalue weighted by Gasteiger charge is -2.39. The molecule has 58 heavy (non-hydrogen) atoms. The maximum atomic E-state index is 15.4. The zero-order valence-electron chi connectivity index (χ0n) is 34.0. The minimum atomic E-state index is -2.51. The van der Waals surface area contributed by atoms with Crippen LogP contribution in [0.3, 0.4) is 0 Å². The summed E-state index contributed by atoms with van der Waals surface area (Å²) >= 11 is 3.72. The fraction of sp³-hybridized carbons (Fsp3) is 0.426. The largest absolute Gasteiger partial charge is 0.497 e. The lowest BCUT2D eigenvalue weighted by Crippen LogP contribution is -2.52. The van der Waals surface area contributed by atoms with E-state index in [4.69, 9.17) is 9.47 Å². The number of aliphatic hydroxyl groups excluding tert-OH is 1. The molecule has 8 rings (SSSR count). The topological polar surface area (TPSA) is 99.6 Å². The number of ether oxygens (including phenoxy) is 2. The number of aliphatic hydroxyl groups is 1. The number of benzene rings is 4. The van der Waals surface area contributed by atoms with E-state index in [2.05, 4.69) is 60.2 Å². The highest BCUT2D eigenvalue weighted by atomic mass is 79.9. The molecule has 4 aliphatic heterocycles. The van der Waals surface area contributed by atoms with Crippen LogP contribution < -0.4 is 19.7 Å². The van der Waals surface area contributed by atoms with Gasteiger partial charge in [0.2, 0.25) is 11.8 Å². The van der Waals surface area contributed by atoms with Crippen LogP contribution in [0.1, 0.15) is 67.7 Å². The number of anilines is 2. The number of hydrogen-bond acceptors (Lipinski definition) is 6. The molecule has 4 aromatic carbocycles. The summed E-state index contributed by atoms with van der Waals surface area (Å²) in [5, 5.41) is 11.7. The Hall–Kier alpha value is -4.29. The molecule has 11 heteroatoms. The predicted octanol–water partition coefficient (Wildman–Crippen LogP) is 7.85. The number of amides is 3. The summed E-state index contributed by atoms with van der Waals surface area (Å²) in [6.07, 6.45) is 4.82. The Morgan fingerprint density at radius 3 is 2.40 bits per heavy atom. The van der Waals surface area contributed by atoms with E-state index in [9.17, 15) is 14.7 Å². The van der Waals surface area contributed by atoms with E-state index >= 15 is 4.79 Å². The fourth-order valence-corrected chi connectivity index (χ4v) is 14.7. The summed E-state index contributed by atoms with van der Waals surface area (Å²) in [4.78, 5) is 48.6. The number of methoxy groups -OCH3 is 1. The number of carbonyl (C=O) groups excluding carboxylic acids is 3. The molecule has 5 atom stereocenters. The highest BCUT2D eigenvalue weighted by molar-refractivity contribution is 9.10. The van der Waals surface area contributed by atoms with Crippen molar-refractivity contribution in [3.8, 4) is 5.75 Å². The van der Waals surface area contributed by atoms with Crippen molar-refractivity contribution in [2.24, 2.45) is 5.92 Å². The van der Waals surface area contributed by atoms with Crippen molar-refractivity contribution < 1.29 is 29.0 Å². The molecule has 0 bridgehead atoms. The molecule has 2 fully saturated rings. The molecule has 4 aromatic rings. The van der Waals surface area contributed by atoms with Gasteiger partial charge in [-0.2, -0.15) is 0 Å². The van der Waals surface area contributed by atoms with Crippen molar-refractivity contribution in [2.45, 2.75) is 101 Å². The molecule has 0 aliphatic carbocycles. The van der Waals surface area contributed by atoms with Gasteiger partial charge in [-0.05, 0) is 84.0 Å². The van der Waals surface area contributed by atoms with Crippen LogP contribution in [0, 0.1) is 5.92 Å². The molecule has 0 aromatic heterocycles. The fourth-order valence-electron chi connectivity index (χ4n) is 10.4. The van der Waals surface area contributed by atoms with Crippen molar-refractivity contribution in [3.63, 3.8) is 0 Å². The van der Waals surface area contributed by atoms with Crippen molar-refractivity contribution in [3.05, 3.63) is 118 Å². The maximum absolute atomic E-state index is 15.4. The number of hydrogen-bond donors (Lipinski definition) is 1. The average molecular weight is 865 g/mol. The summed E-state index contributed by atoms with van der Waals surface area (Å²) in [5.41, 5.74) is 4.23. The smallest absolute Gasteiger partial charge is 0.264 e. The second-order valence-electron chi connectivity index (χ2n) is 17.1. The first-order chi connectivity index (χ1) is 28.0. The Morgan fingerprint density at radius 2 is 1.67 bits per heavy atom. The first-order valence-electron chi connectivity index (χ1n) is 20.8. The van der Waals surface area contributed by atoms with Gasteiger partial charge in [0, 0.05) is 41.2 Å². The van der Waals surface area contributed by atoms with E-state index < -0.39 is 19.8 Å². The van der Waals surface area contributed by atoms with E-state index in [-0.39, 0.29) is 48.3 Å². The van der Waals surface area contributed by atoms with Gasteiger partial charge in [-0.25, -0.2) is 0 Å². The molecule has 304 valence electrons. The van der Waals surface area contributed by atoms with Gasteiger partial charge in [0.05, 0.1) is 52.6 Å². The zero-order chi connectivity index (χ0) is 40.8. The molecule has 3 amide bonds. The quantitative estimate of drug-likeness (QED) is 0.172.